The molecule has 2 N–H and O–H groups in total. The summed E-state index contributed by atoms with van der Waals surface area (Å²) in [5.74, 6) is -0.523. The van der Waals surface area contributed by atoms with Crippen molar-refractivity contribution in [2.45, 2.75) is 18.3 Å². The van der Waals surface area contributed by atoms with Gasteiger partial charge in [-0.05, 0) is 0 Å². The molecule has 0 saturated carbocycles. The minimum Gasteiger partial charge on any atom is -0.378 e. The number of halogens is 1. The molecule has 1 fully saturated rings. The highest BCUT2D eigenvalue weighted by atomic mass is 32.2. The third-order valence-corrected chi connectivity index (χ3v) is 5.98. The summed E-state index contributed by atoms with van der Waals surface area (Å²) >= 11 is 0. The van der Waals surface area contributed by atoms with E-state index in [1.807, 2.05) is 4.90 Å². The molecule has 0 atom stereocenters. The van der Waals surface area contributed by atoms with Gasteiger partial charge in [0.2, 0.25) is 5.95 Å². The van der Waals surface area contributed by atoms with Crippen molar-refractivity contribution in [3.05, 3.63) is 11.6 Å². The molecule has 11 nitrogen and oxygen atoms in total. The van der Waals surface area contributed by atoms with Crippen molar-refractivity contribution in [2.24, 2.45) is 5.73 Å². The van der Waals surface area contributed by atoms with Gasteiger partial charge in [0.05, 0.1) is 64.6 Å². The van der Waals surface area contributed by atoms with E-state index in [9.17, 15) is 12.8 Å². The average Bonchev–Trinajstić information content (AvgIpc) is 3.00. The maximum Gasteiger partial charge on any atom is 0.236 e. The van der Waals surface area contributed by atoms with E-state index >= 15 is 0 Å². The molecule has 0 radical (unpaired) electrons. The molecule has 0 amide bonds. The lowest BCUT2D eigenvalue weighted by Crippen LogP contribution is -2.53. The zero-order valence-electron chi connectivity index (χ0n) is 17.4. The van der Waals surface area contributed by atoms with Crippen LogP contribution in [0.4, 0.5) is 4.39 Å². The van der Waals surface area contributed by atoms with E-state index in [-0.39, 0.29) is 30.6 Å². The zero-order valence-corrected chi connectivity index (χ0v) is 18.2. The highest BCUT2D eigenvalue weighted by Crippen LogP contribution is 2.18. The molecule has 1 aromatic rings. The molecular formula is C17H32FN5O6S. The van der Waals surface area contributed by atoms with Crippen LogP contribution in [0.25, 0.3) is 0 Å². The van der Waals surface area contributed by atoms with Crippen molar-refractivity contribution in [2.75, 3.05) is 78.7 Å². The third-order valence-electron chi connectivity index (χ3n) is 4.47. The number of ether oxygens (including phenoxy) is 4. The number of nitrogens with two attached hydrogens (primary N) is 1. The summed E-state index contributed by atoms with van der Waals surface area (Å²) in [5.41, 5.74) is 5.51. The second-order valence-electron chi connectivity index (χ2n) is 6.93. The van der Waals surface area contributed by atoms with Crippen LogP contribution in [-0.4, -0.2) is 112 Å². The molecule has 0 unspecified atom stereocenters. The maximum atomic E-state index is 14.3. The Balaban J connectivity index is 1.47. The van der Waals surface area contributed by atoms with Crippen molar-refractivity contribution in [1.82, 2.24) is 19.9 Å². The van der Waals surface area contributed by atoms with Crippen LogP contribution in [0.1, 0.15) is 5.69 Å². The quantitative estimate of drug-likeness (QED) is 0.283. The Morgan fingerprint density at radius 2 is 1.53 bits per heavy atom. The number of rotatable bonds is 17. The second-order valence-corrected chi connectivity index (χ2v) is 9.26. The molecular weight excluding hydrogens is 421 g/mol. The van der Waals surface area contributed by atoms with Crippen molar-refractivity contribution in [1.29, 1.82) is 0 Å². The van der Waals surface area contributed by atoms with Crippen molar-refractivity contribution < 1.29 is 31.8 Å². The molecule has 1 aliphatic heterocycles. The van der Waals surface area contributed by atoms with Crippen LogP contribution in [0.2, 0.25) is 0 Å². The number of sulfone groups is 1. The van der Waals surface area contributed by atoms with Gasteiger partial charge in [0.25, 0.3) is 0 Å². The van der Waals surface area contributed by atoms with E-state index in [4.69, 9.17) is 24.7 Å². The Bertz CT molecular complexity index is 713. The first kappa shape index (κ1) is 25.0. The molecule has 0 aromatic carbocycles. The predicted octanol–water partition coefficient (Wildman–Crippen LogP) is -1.33. The first-order chi connectivity index (χ1) is 14.4. The van der Waals surface area contributed by atoms with E-state index in [0.717, 1.165) is 4.68 Å². The summed E-state index contributed by atoms with van der Waals surface area (Å²) in [5, 5.41) is 7.25. The number of aromatic nitrogens is 3. The van der Waals surface area contributed by atoms with Crippen LogP contribution >= 0.6 is 0 Å². The van der Waals surface area contributed by atoms with Gasteiger partial charge in [-0.1, -0.05) is 5.21 Å². The van der Waals surface area contributed by atoms with Gasteiger partial charge in [0, 0.05) is 32.4 Å². The lowest BCUT2D eigenvalue weighted by molar-refractivity contribution is -0.00222. The highest BCUT2D eigenvalue weighted by molar-refractivity contribution is 7.91. The van der Waals surface area contributed by atoms with E-state index in [1.165, 1.54) is 6.26 Å². The molecule has 1 saturated heterocycles. The molecule has 2 rings (SSSR count). The summed E-state index contributed by atoms with van der Waals surface area (Å²) in [6, 6.07) is 0. The number of hydrogen-bond acceptors (Lipinski definition) is 10. The Morgan fingerprint density at radius 1 is 1.00 bits per heavy atom. The van der Waals surface area contributed by atoms with Crippen molar-refractivity contribution >= 4 is 9.84 Å². The van der Waals surface area contributed by atoms with Crippen molar-refractivity contribution in [3.63, 3.8) is 0 Å². The molecule has 1 aromatic heterocycles. The van der Waals surface area contributed by atoms with Crippen molar-refractivity contribution in [3.8, 4) is 0 Å². The molecule has 0 bridgehead atoms. The smallest absolute Gasteiger partial charge is 0.236 e. The fraction of sp³-hybridized carbons (Fsp3) is 0.882. The lowest BCUT2D eigenvalue weighted by atomic mass is 10.2. The van der Waals surface area contributed by atoms with E-state index in [0.29, 0.717) is 65.9 Å². The lowest BCUT2D eigenvalue weighted by Gasteiger charge is -2.37. The van der Waals surface area contributed by atoms with E-state index in [1.54, 1.807) is 0 Å². The van der Waals surface area contributed by atoms with E-state index in [2.05, 4.69) is 10.3 Å². The Kier molecular flexibility index (Phi) is 11.1. The first-order valence-electron chi connectivity index (χ1n) is 9.92. The average molecular weight is 454 g/mol. The third kappa shape index (κ3) is 8.88. The van der Waals surface area contributed by atoms with Crippen LogP contribution in [0, 0.1) is 5.95 Å². The number of hydrogen-bond donors (Lipinski definition) is 1. The normalized spacial score (nSPS) is 15.6. The van der Waals surface area contributed by atoms with Crippen LogP contribution < -0.4 is 5.73 Å². The predicted molar refractivity (Wildman–Crippen MR) is 106 cm³/mol. The Morgan fingerprint density at radius 3 is 2.07 bits per heavy atom. The molecule has 174 valence electrons. The topological polar surface area (TPSA) is 131 Å². The van der Waals surface area contributed by atoms with Gasteiger partial charge in [-0.15, -0.1) is 5.10 Å². The number of nitrogens with zero attached hydrogens (tertiary/aromatic N) is 4. The Labute approximate surface area is 176 Å². The van der Waals surface area contributed by atoms with Gasteiger partial charge in [-0.25, -0.2) is 13.1 Å². The summed E-state index contributed by atoms with van der Waals surface area (Å²) in [7, 11) is -3.05. The maximum absolute atomic E-state index is 14.3. The zero-order chi connectivity index (χ0) is 21.8. The minimum absolute atomic E-state index is 0.207. The van der Waals surface area contributed by atoms with Gasteiger partial charge in [0.15, 0.2) is 9.84 Å². The summed E-state index contributed by atoms with van der Waals surface area (Å²) in [6.45, 7) is 5.30. The van der Waals surface area contributed by atoms with Gasteiger partial charge in [-0.3, -0.25) is 4.90 Å². The second kappa shape index (κ2) is 13.2. The molecule has 0 spiro atoms. The van der Waals surface area contributed by atoms with Crippen LogP contribution in [-0.2, 0) is 41.9 Å². The standard InChI is InChI=1S/C17H32FN5O6S/c1-30(24,25)15-12-22(13-15)14-16-17(18)23(21-20-16)3-5-27-7-9-29-11-10-28-8-6-26-4-2-19/h15H,2-14,19H2,1H3. The van der Waals surface area contributed by atoms with Crippen LogP contribution in [0.5, 0.6) is 0 Å². The summed E-state index contributed by atoms with van der Waals surface area (Å²) in [6.07, 6.45) is 1.21. The van der Waals surface area contributed by atoms with Gasteiger partial charge >= 0.3 is 0 Å². The fourth-order valence-electron chi connectivity index (χ4n) is 2.71. The summed E-state index contributed by atoms with van der Waals surface area (Å²) < 4.78 is 59.6. The molecule has 2 heterocycles. The van der Waals surface area contributed by atoms with E-state index < -0.39 is 15.8 Å². The molecule has 0 aliphatic carbocycles. The largest absolute Gasteiger partial charge is 0.378 e. The molecule has 13 heteroatoms. The Hall–Kier alpha value is -1.22. The number of likely N-dealkylation sites (tertiary alicyclic amines) is 1. The highest BCUT2D eigenvalue weighted by Gasteiger charge is 2.35. The fourth-order valence-corrected chi connectivity index (χ4v) is 3.67. The molecule has 1 aliphatic rings. The summed E-state index contributed by atoms with van der Waals surface area (Å²) in [4.78, 5) is 1.83. The SMILES string of the molecule is CS(=O)(=O)C1CN(Cc2nnn(CCOCCOCCOCCOCCN)c2F)C1. The van der Waals surface area contributed by atoms with Gasteiger partial charge in [-0.2, -0.15) is 4.39 Å². The van der Waals surface area contributed by atoms with Crippen LogP contribution in [0.3, 0.4) is 0 Å². The molecule has 30 heavy (non-hydrogen) atoms. The monoisotopic (exact) mass is 453 g/mol. The van der Waals surface area contributed by atoms with Gasteiger partial charge < -0.3 is 24.7 Å². The van der Waals surface area contributed by atoms with Gasteiger partial charge in [0.1, 0.15) is 5.69 Å². The van der Waals surface area contributed by atoms with Crippen LogP contribution in [0.15, 0.2) is 0 Å². The first-order valence-corrected chi connectivity index (χ1v) is 11.9. The minimum atomic E-state index is -3.05.